The monoisotopic (exact) mass is 486 g/mol. The number of aryl methyl sites for hydroxylation is 2. The van der Waals surface area contributed by atoms with Gasteiger partial charge in [-0.05, 0) is 67.3 Å². The van der Waals surface area contributed by atoms with Gasteiger partial charge in [-0.25, -0.2) is 12.9 Å². The SMILES string of the molecule is Cc1cc(CCC(=O)O)cc(S(=O)N2CCCN(Cc3ccc(C(F)(F)F)c(F)c3)CC2)c1. The van der Waals surface area contributed by atoms with E-state index in [9.17, 15) is 26.6 Å². The summed E-state index contributed by atoms with van der Waals surface area (Å²) in [5.74, 6) is -2.17. The van der Waals surface area contributed by atoms with Crippen LogP contribution < -0.4 is 0 Å². The molecule has 0 spiro atoms. The van der Waals surface area contributed by atoms with Crippen molar-refractivity contribution in [2.24, 2.45) is 0 Å². The zero-order chi connectivity index (χ0) is 24.2. The summed E-state index contributed by atoms with van der Waals surface area (Å²) < 4.78 is 67.2. The highest BCUT2D eigenvalue weighted by Gasteiger charge is 2.34. The summed E-state index contributed by atoms with van der Waals surface area (Å²) >= 11 is 0. The Kier molecular flexibility index (Phi) is 8.25. The molecule has 0 amide bonds. The molecule has 1 N–H and O–H groups in total. The lowest BCUT2D eigenvalue weighted by Gasteiger charge is -2.22. The van der Waals surface area contributed by atoms with Gasteiger partial charge >= 0.3 is 12.1 Å². The van der Waals surface area contributed by atoms with Crippen LogP contribution in [-0.4, -0.2) is 50.7 Å². The Morgan fingerprint density at radius 1 is 1.06 bits per heavy atom. The lowest BCUT2D eigenvalue weighted by molar-refractivity contribution is -0.140. The Morgan fingerprint density at radius 3 is 2.48 bits per heavy atom. The van der Waals surface area contributed by atoms with Gasteiger partial charge in [0.05, 0.1) is 10.5 Å². The van der Waals surface area contributed by atoms with Crippen LogP contribution >= 0.6 is 0 Å². The third kappa shape index (κ3) is 7.09. The van der Waals surface area contributed by atoms with Gasteiger partial charge in [0.15, 0.2) is 0 Å². The predicted molar refractivity (Wildman–Crippen MR) is 116 cm³/mol. The summed E-state index contributed by atoms with van der Waals surface area (Å²) in [7, 11) is -1.42. The highest BCUT2D eigenvalue weighted by molar-refractivity contribution is 7.82. The van der Waals surface area contributed by atoms with Crippen molar-refractivity contribution < 1.29 is 31.7 Å². The number of hydrogen-bond acceptors (Lipinski definition) is 3. The number of hydrogen-bond donors (Lipinski definition) is 1. The van der Waals surface area contributed by atoms with E-state index in [0.29, 0.717) is 56.0 Å². The molecule has 1 fully saturated rings. The standard InChI is InChI=1S/C23H26F4N2O3S/c1-16-11-17(4-6-22(30)31)13-19(12-16)33(32)29-8-2-7-28(9-10-29)15-18-3-5-20(21(24)14-18)23(25,26)27/h3,5,11-14H,2,4,6-10,15H2,1H3,(H,30,31). The van der Waals surface area contributed by atoms with Crippen molar-refractivity contribution in [3.05, 3.63) is 64.5 Å². The second-order valence-corrected chi connectivity index (χ2v) is 9.65. The quantitative estimate of drug-likeness (QED) is 0.590. The second-order valence-electron chi connectivity index (χ2n) is 8.17. The zero-order valence-electron chi connectivity index (χ0n) is 18.2. The second kappa shape index (κ2) is 10.8. The number of alkyl halides is 3. The van der Waals surface area contributed by atoms with E-state index in [1.54, 1.807) is 6.07 Å². The highest BCUT2D eigenvalue weighted by atomic mass is 32.2. The molecular weight excluding hydrogens is 460 g/mol. The molecule has 1 atom stereocenters. The molecule has 1 aliphatic heterocycles. The van der Waals surface area contributed by atoms with Crippen molar-refractivity contribution in [3.63, 3.8) is 0 Å². The van der Waals surface area contributed by atoms with Crippen LogP contribution in [0.3, 0.4) is 0 Å². The number of rotatable bonds is 7. The molecule has 0 bridgehead atoms. The molecule has 1 heterocycles. The van der Waals surface area contributed by atoms with Gasteiger partial charge in [-0.2, -0.15) is 13.2 Å². The topological polar surface area (TPSA) is 60.9 Å². The third-order valence-electron chi connectivity index (χ3n) is 5.47. The van der Waals surface area contributed by atoms with E-state index in [-0.39, 0.29) is 6.42 Å². The molecular formula is C23H26F4N2O3S. The smallest absolute Gasteiger partial charge is 0.419 e. The molecule has 0 aliphatic carbocycles. The summed E-state index contributed by atoms with van der Waals surface area (Å²) in [6.45, 7) is 4.41. The summed E-state index contributed by atoms with van der Waals surface area (Å²) in [4.78, 5) is 13.5. The van der Waals surface area contributed by atoms with E-state index in [1.807, 2.05) is 28.3 Å². The van der Waals surface area contributed by atoms with Crippen LogP contribution in [0.5, 0.6) is 0 Å². The molecule has 5 nitrogen and oxygen atoms in total. The minimum absolute atomic E-state index is 0.00124. The molecule has 10 heteroatoms. The van der Waals surface area contributed by atoms with E-state index >= 15 is 0 Å². The van der Waals surface area contributed by atoms with E-state index in [4.69, 9.17) is 5.11 Å². The Balaban J connectivity index is 1.64. The highest BCUT2D eigenvalue weighted by Crippen LogP contribution is 2.31. The molecule has 180 valence electrons. The summed E-state index contributed by atoms with van der Waals surface area (Å²) in [5, 5.41) is 8.91. The molecule has 3 rings (SSSR count). The first-order valence-electron chi connectivity index (χ1n) is 10.6. The first-order chi connectivity index (χ1) is 15.5. The summed E-state index contributed by atoms with van der Waals surface area (Å²) in [6.07, 6.45) is -3.66. The Hall–Kier alpha value is -2.30. The molecule has 1 saturated heterocycles. The number of carboxylic acids is 1. The van der Waals surface area contributed by atoms with Crippen molar-refractivity contribution in [3.8, 4) is 0 Å². The van der Waals surface area contributed by atoms with Crippen LogP contribution in [0.15, 0.2) is 41.3 Å². The van der Waals surface area contributed by atoms with E-state index in [1.165, 1.54) is 6.07 Å². The number of carboxylic acid groups (broad SMARTS) is 1. The molecule has 2 aromatic rings. The molecule has 0 saturated carbocycles. The third-order valence-corrected chi connectivity index (χ3v) is 6.94. The van der Waals surface area contributed by atoms with Crippen LogP contribution in [0.4, 0.5) is 17.6 Å². The van der Waals surface area contributed by atoms with Gasteiger partial charge in [0.2, 0.25) is 0 Å². The predicted octanol–water partition coefficient (Wildman–Crippen LogP) is 4.40. The maximum atomic E-state index is 13.9. The normalized spacial score (nSPS) is 17.0. The van der Waals surface area contributed by atoms with Crippen molar-refractivity contribution in [1.29, 1.82) is 0 Å². The maximum Gasteiger partial charge on any atom is 0.419 e. The van der Waals surface area contributed by atoms with Gasteiger partial charge in [-0.15, -0.1) is 0 Å². The minimum Gasteiger partial charge on any atom is -0.481 e. The van der Waals surface area contributed by atoms with Crippen LogP contribution in [0.25, 0.3) is 0 Å². The van der Waals surface area contributed by atoms with E-state index in [2.05, 4.69) is 0 Å². The average molecular weight is 487 g/mol. The van der Waals surface area contributed by atoms with Crippen molar-refractivity contribution in [2.75, 3.05) is 26.2 Å². The molecule has 1 unspecified atom stereocenters. The fourth-order valence-corrected chi connectivity index (χ4v) is 5.27. The van der Waals surface area contributed by atoms with Crippen molar-refractivity contribution in [1.82, 2.24) is 9.21 Å². The Morgan fingerprint density at radius 2 is 1.82 bits per heavy atom. The van der Waals surface area contributed by atoms with Crippen LogP contribution in [0, 0.1) is 12.7 Å². The van der Waals surface area contributed by atoms with Crippen molar-refractivity contribution >= 4 is 17.0 Å². The summed E-state index contributed by atoms with van der Waals surface area (Å²) in [6, 6.07) is 8.47. The van der Waals surface area contributed by atoms with Crippen LogP contribution in [-0.2, 0) is 34.9 Å². The van der Waals surface area contributed by atoms with Gasteiger partial charge in [0.25, 0.3) is 0 Å². The molecule has 1 aliphatic rings. The zero-order valence-corrected chi connectivity index (χ0v) is 19.0. The van der Waals surface area contributed by atoms with Crippen molar-refractivity contribution in [2.45, 2.75) is 43.8 Å². The Labute approximate surface area is 192 Å². The van der Waals surface area contributed by atoms with Crippen LogP contribution in [0.1, 0.15) is 35.1 Å². The lowest BCUT2D eigenvalue weighted by Crippen LogP contribution is -2.32. The van der Waals surface area contributed by atoms with Gasteiger partial charge in [0, 0.05) is 32.6 Å². The molecule has 33 heavy (non-hydrogen) atoms. The largest absolute Gasteiger partial charge is 0.481 e. The minimum atomic E-state index is -4.72. The fourth-order valence-electron chi connectivity index (χ4n) is 3.89. The van der Waals surface area contributed by atoms with Gasteiger partial charge in [-0.1, -0.05) is 12.1 Å². The molecule has 0 aromatic heterocycles. The fraction of sp³-hybridized carbons (Fsp3) is 0.435. The number of aliphatic carboxylic acids is 1. The molecule has 0 radical (unpaired) electrons. The maximum absolute atomic E-state index is 13.9. The first kappa shape index (κ1) is 25.3. The van der Waals surface area contributed by atoms with Gasteiger partial charge in [-0.3, -0.25) is 9.69 Å². The van der Waals surface area contributed by atoms with E-state index in [0.717, 1.165) is 23.3 Å². The number of benzene rings is 2. The Bertz CT molecular complexity index is 1030. The van der Waals surface area contributed by atoms with E-state index < -0.39 is 34.5 Å². The van der Waals surface area contributed by atoms with Gasteiger partial charge < -0.3 is 5.11 Å². The molecule has 2 aromatic carbocycles. The number of nitrogens with zero attached hydrogens (tertiary/aromatic N) is 2. The average Bonchev–Trinajstić information content (AvgIpc) is 2.96. The van der Waals surface area contributed by atoms with Gasteiger partial charge in [0.1, 0.15) is 16.8 Å². The van der Waals surface area contributed by atoms with Crippen LogP contribution in [0.2, 0.25) is 0 Å². The lowest BCUT2D eigenvalue weighted by atomic mass is 10.1. The number of carbonyl (C=O) groups is 1. The summed E-state index contributed by atoms with van der Waals surface area (Å²) in [5.41, 5.74) is 0.907. The number of halogens is 4. The first-order valence-corrected chi connectivity index (χ1v) is 11.7.